The Morgan fingerprint density at radius 3 is 2.63 bits per heavy atom. The third kappa shape index (κ3) is 3.00. The molecule has 0 amide bonds. The topological polar surface area (TPSA) is 75.9 Å². The second kappa shape index (κ2) is 6.15. The molecule has 0 aliphatic rings. The van der Waals surface area contributed by atoms with Gasteiger partial charge in [0.1, 0.15) is 18.0 Å². The van der Waals surface area contributed by atoms with Crippen molar-refractivity contribution in [1.29, 1.82) is 0 Å². The Balaban J connectivity index is 2.31. The maximum absolute atomic E-state index is 5.42. The monoisotopic (exact) mass is 257 g/mol. The fourth-order valence-electron chi connectivity index (χ4n) is 1.98. The Morgan fingerprint density at radius 2 is 1.89 bits per heavy atom. The zero-order valence-corrected chi connectivity index (χ0v) is 11.3. The van der Waals surface area contributed by atoms with Crippen molar-refractivity contribution in [2.45, 2.75) is 26.7 Å². The maximum atomic E-state index is 5.42. The fraction of sp³-hybridized carbons (Fsp3) is 0.286. The lowest BCUT2D eigenvalue weighted by Crippen LogP contribution is -2.12. The molecule has 1 heterocycles. The highest BCUT2D eigenvalue weighted by molar-refractivity contribution is 5.66. The Hall–Kier alpha value is -2.14. The van der Waals surface area contributed by atoms with Crippen molar-refractivity contribution >= 4 is 17.3 Å². The van der Waals surface area contributed by atoms with Gasteiger partial charge >= 0.3 is 0 Å². The molecule has 0 bridgehead atoms. The summed E-state index contributed by atoms with van der Waals surface area (Å²) >= 11 is 0. The average molecular weight is 257 g/mol. The van der Waals surface area contributed by atoms with Crippen molar-refractivity contribution in [2.24, 2.45) is 5.84 Å². The van der Waals surface area contributed by atoms with Gasteiger partial charge in [0.25, 0.3) is 0 Å². The molecule has 5 heteroatoms. The average Bonchev–Trinajstić information content (AvgIpc) is 2.43. The molecule has 0 radical (unpaired) electrons. The summed E-state index contributed by atoms with van der Waals surface area (Å²) < 4.78 is 0. The Kier molecular flexibility index (Phi) is 4.30. The van der Waals surface area contributed by atoms with Crippen molar-refractivity contribution in [2.75, 3.05) is 10.7 Å². The molecule has 4 N–H and O–H groups in total. The molecule has 1 aromatic carbocycles. The van der Waals surface area contributed by atoms with E-state index in [2.05, 4.69) is 45.8 Å². The van der Waals surface area contributed by atoms with Crippen LogP contribution in [0.15, 0.2) is 30.6 Å². The standard InChI is InChI=1S/C14H19N5/c1-3-6-11-7-4-5-8-12(11)18-13-10(2)14(19-15)17-9-16-13/h4-5,7-9H,3,6,15H2,1-2H3,(H2,16,17,18,19). The second-order valence-electron chi connectivity index (χ2n) is 4.37. The lowest BCUT2D eigenvalue weighted by Gasteiger charge is -2.13. The number of nitrogens with one attached hydrogen (secondary N) is 2. The summed E-state index contributed by atoms with van der Waals surface area (Å²) in [6.45, 7) is 4.10. The molecule has 5 nitrogen and oxygen atoms in total. The predicted molar refractivity (Wildman–Crippen MR) is 78.3 cm³/mol. The van der Waals surface area contributed by atoms with Crippen LogP contribution in [0.5, 0.6) is 0 Å². The van der Waals surface area contributed by atoms with E-state index in [-0.39, 0.29) is 0 Å². The minimum Gasteiger partial charge on any atom is -0.340 e. The van der Waals surface area contributed by atoms with Gasteiger partial charge in [-0.05, 0) is 25.0 Å². The number of nitrogens with two attached hydrogens (primary N) is 1. The van der Waals surface area contributed by atoms with Crippen LogP contribution >= 0.6 is 0 Å². The van der Waals surface area contributed by atoms with E-state index in [1.165, 1.54) is 11.9 Å². The highest BCUT2D eigenvalue weighted by Crippen LogP contribution is 2.24. The smallest absolute Gasteiger partial charge is 0.148 e. The van der Waals surface area contributed by atoms with Gasteiger partial charge in [0.05, 0.1) is 0 Å². The SMILES string of the molecule is CCCc1ccccc1Nc1ncnc(NN)c1C. The van der Waals surface area contributed by atoms with Crippen LogP contribution in [-0.2, 0) is 6.42 Å². The van der Waals surface area contributed by atoms with E-state index >= 15 is 0 Å². The number of para-hydroxylation sites is 1. The van der Waals surface area contributed by atoms with Crippen LogP contribution in [0.1, 0.15) is 24.5 Å². The quantitative estimate of drug-likeness (QED) is 0.567. The summed E-state index contributed by atoms with van der Waals surface area (Å²) in [4.78, 5) is 8.34. The predicted octanol–water partition coefficient (Wildman–Crippen LogP) is 2.77. The first-order valence-corrected chi connectivity index (χ1v) is 6.39. The number of aryl methyl sites for hydroxylation is 1. The maximum Gasteiger partial charge on any atom is 0.148 e. The van der Waals surface area contributed by atoms with E-state index in [1.54, 1.807) is 0 Å². The Bertz CT molecular complexity index is 553. The van der Waals surface area contributed by atoms with E-state index in [4.69, 9.17) is 5.84 Å². The molecule has 0 unspecified atom stereocenters. The summed E-state index contributed by atoms with van der Waals surface area (Å²) in [7, 11) is 0. The van der Waals surface area contributed by atoms with Gasteiger partial charge in [-0.1, -0.05) is 31.5 Å². The molecule has 0 saturated heterocycles. The largest absolute Gasteiger partial charge is 0.340 e. The molecule has 1 aromatic heterocycles. The molecule has 2 aromatic rings. The lowest BCUT2D eigenvalue weighted by atomic mass is 10.1. The minimum atomic E-state index is 0.630. The summed E-state index contributed by atoms with van der Waals surface area (Å²) in [6.07, 6.45) is 3.64. The summed E-state index contributed by atoms with van der Waals surface area (Å²) in [5, 5.41) is 3.35. The van der Waals surface area contributed by atoms with Gasteiger partial charge in [0.15, 0.2) is 0 Å². The van der Waals surface area contributed by atoms with Crippen molar-refractivity contribution in [1.82, 2.24) is 9.97 Å². The zero-order valence-electron chi connectivity index (χ0n) is 11.3. The van der Waals surface area contributed by atoms with Crippen molar-refractivity contribution in [3.63, 3.8) is 0 Å². The van der Waals surface area contributed by atoms with Crippen molar-refractivity contribution in [3.8, 4) is 0 Å². The van der Waals surface area contributed by atoms with E-state index in [0.717, 1.165) is 29.9 Å². The number of rotatable bonds is 5. The minimum absolute atomic E-state index is 0.630. The normalized spacial score (nSPS) is 10.3. The van der Waals surface area contributed by atoms with Gasteiger partial charge in [-0.15, -0.1) is 0 Å². The Morgan fingerprint density at radius 1 is 1.16 bits per heavy atom. The van der Waals surface area contributed by atoms with E-state index < -0.39 is 0 Å². The summed E-state index contributed by atoms with van der Waals surface area (Å²) in [6, 6.07) is 8.25. The third-order valence-corrected chi connectivity index (χ3v) is 3.01. The number of nitrogens with zero attached hydrogens (tertiary/aromatic N) is 2. The molecule has 19 heavy (non-hydrogen) atoms. The molecular formula is C14H19N5. The number of hydrogen-bond donors (Lipinski definition) is 3. The van der Waals surface area contributed by atoms with Gasteiger partial charge in [-0.25, -0.2) is 15.8 Å². The lowest BCUT2D eigenvalue weighted by molar-refractivity contribution is 0.923. The van der Waals surface area contributed by atoms with Gasteiger partial charge in [-0.3, -0.25) is 0 Å². The number of hydrogen-bond acceptors (Lipinski definition) is 5. The van der Waals surface area contributed by atoms with Crippen LogP contribution in [0.2, 0.25) is 0 Å². The van der Waals surface area contributed by atoms with Crippen molar-refractivity contribution < 1.29 is 0 Å². The first kappa shape index (κ1) is 13.3. The highest BCUT2D eigenvalue weighted by atomic mass is 15.3. The molecule has 100 valence electrons. The number of nitrogen functional groups attached to an aromatic ring is 1. The molecule has 0 fully saturated rings. The number of benzene rings is 1. The van der Waals surface area contributed by atoms with Crippen LogP contribution < -0.4 is 16.6 Å². The highest BCUT2D eigenvalue weighted by Gasteiger charge is 2.08. The molecular weight excluding hydrogens is 238 g/mol. The fourth-order valence-corrected chi connectivity index (χ4v) is 1.98. The number of aromatic nitrogens is 2. The molecule has 0 atom stereocenters. The summed E-state index contributed by atoms with van der Waals surface area (Å²) in [5.74, 6) is 6.82. The first-order chi connectivity index (χ1) is 9.26. The number of hydrazine groups is 1. The third-order valence-electron chi connectivity index (χ3n) is 3.01. The van der Waals surface area contributed by atoms with Crippen LogP contribution in [-0.4, -0.2) is 9.97 Å². The molecule has 0 aliphatic carbocycles. The van der Waals surface area contributed by atoms with Gasteiger partial charge < -0.3 is 10.7 Å². The van der Waals surface area contributed by atoms with E-state index in [1.807, 2.05) is 13.0 Å². The van der Waals surface area contributed by atoms with Gasteiger partial charge in [0.2, 0.25) is 0 Å². The molecule has 0 spiro atoms. The van der Waals surface area contributed by atoms with Crippen LogP contribution in [0.25, 0.3) is 0 Å². The van der Waals surface area contributed by atoms with Crippen molar-refractivity contribution in [3.05, 3.63) is 41.7 Å². The number of anilines is 3. The molecule has 0 aliphatic heterocycles. The van der Waals surface area contributed by atoms with E-state index in [0.29, 0.717) is 5.82 Å². The summed E-state index contributed by atoms with van der Waals surface area (Å²) in [5.41, 5.74) is 5.83. The van der Waals surface area contributed by atoms with Crippen LogP contribution in [0, 0.1) is 6.92 Å². The van der Waals surface area contributed by atoms with Crippen LogP contribution in [0.3, 0.4) is 0 Å². The van der Waals surface area contributed by atoms with E-state index in [9.17, 15) is 0 Å². The second-order valence-corrected chi connectivity index (χ2v) is 4.37. The Labute approximate surface area is 113 Å². The van der Waals surface area contributed by atoms with Gasteiger partial charge in [0, 0.05) is 11.3 Å². The molecule has 0 saturated carbocycles. The van der Waals surface area contributed by atoms with Gasteiger partial charge in [-0.2, -0.15) is 0 Å². The van der Waals surface area contributed by atoms with Crippen LogP contribution in [0.4, 0.5) is 17.3 Å². The zero-order chi connectivity index (χ0) is 13.7. The first-order valence-electron chi connectivity index (χ1n) is 6.39. The molecule has 2 rings (SSSR count).